The summed E-state index contributed by atoms with van der Waals surface area (Å²) >= 11 is 0. The predicted octanol–water partition coefficient (Wildman–Crippen LogP) is 0.191. The highest BCUT2D eigenvalue weighted by atomic mass is 16.5. The third kappa shape index (κ3) is 2.64. The van der Waals surface area contributed by atoms with Crippen molar-refractivity contribution in [1.82, 2.24) is 9.80 Å². The molecule has 0 bridgehead atoms. The Labute approximate surface area is 115 Å². The summed E-state index contributed by atoms with van der Waals surface area (Å²) in [5.41, 5.74) is 5.63. The minimum atomic E-state index is -0.669. The highest BCUT2D eigenvalue weighted by Crippen LogP contribution is 2.25. The van der Waals surface area contributed by atoms with Crippen molar-refractivity contribution in [1.29, 1.82) is 0 Å². The predicted molar refractivity (Wildman–Crippen MR) is 72.8 cm³/mol. The van der Waals surface area contributed by atoms with E-state index in [9.17, 15) is 4.79 Å². The molecule has 1 unspecified atom stereocenters. The van der Waals surface area contributed by atoms with Crippen molar-refractivity contribution < 1.29 is 9.53 Å². The number of carbonyl (C=O) groups is 1. The molecule has 3 rings (SSSR count). The summed E-state index contributed by atoms with van der Waals surface area (Å²) in [6.45, 7) is 5.39. The summed E-state index contributed by atoms with van der Waals surface area (Å²) in [4.78, 5) is 17.1. The average Bonchev–Trinajstić information content (AvgIpc) is 3.09. The van der Waals surface area contributed by atoms with E-state index >= 15 is 0 Å². The van der Waals surface area contributed by atoms with Crippen molar-refractivity contribution in [3.8, 4) is 0 Å². The van der Waals surface area contributed by atoms with Gasteiger partial charge in [0.15, 0.2) is 0 Å². The standard InChI is InChI=1S/C14H25N3O2/c15-14(4-9-19-10-5-14)13(18)17-8-3-12(11-17)16-6-1-2-7-16/h12H,1-11,15H2. The number of hydrogen-bond donors (Lipinski definition) is 1. The van der Waals surface area contributed by atoms with Crippen LogP contribution < -0.4 is 5.73 Å². The number of hydrogen-bond acceptors (Lipinski definition) is 4. The van der Waals surface area contributed by atoms with Crippen molar-refractivity contribution in [2.75, 3.05) is 39.4 Å². The van der Waals surface area contributed by atoms with Crippen LogP contribution in [0.1, 0.15) is 32.1 Å². The van der Waals surface area contributed by atoms with Gasteiger partial charge in [0.05, 0.1) is 5.54 Å². The first-order chi connectivity index (χ1) is 9.19. The fraction of sp³-hybridized carbons (Fsp3) is 0.929. The molecule has 19 heavy (non-hydrogen) atoms. The smallest absolute Gasteiger partial charge is 0.242 e. The molecule has 3 aliphatic heterocycles. The van der Waals surface area contributed by atoms with Gasteiger partial charge in [-0.2, -0.15) is 0 Å². The van der Waals surface area contributed by atoms with E-state index in [2.05, 4.69) is 4.90 Å². The van der Waals surface area contributed by atoms with E-state index in [4.69, 9.17) is 10.5 Å². The van der Waals surface area contributed by atoms with Crippen LogP contribution in [0.15, 0.2) is 0 Å². The maximum atomic E-state index is 12.6. The Hall–Kier alpha value is -0.650. The van der Waals surface area contributed by atoms with Crippen molar-refractivity contribution in [3.63, 3.8) is 0 Å². The van der Waals surface area contributed by atoms with E-state index in [1.807, 2.05) is 4.90 Å². The molecule has 3 heterocycles. The monoisotopic (exact) mass is 267 g/mol. The van der Waals surface area contributed by atoms with E-state index in [0.717, 1.165) is 19.5 Å². The largest absolute Gasteiger partial charge is 0.381 e. The van der Waals surface area contributed by atoms with Crippen molar-refractivity contribution in [2.24, 2.45) is 5.73 Å². The summed E-state index contributed by atoms with van der Waals surface area (Å²) < 4.78 is 5.32. The van der Waals surface area contributed by atoms with E-state index in [1.165, 1.54) is 25.9 Å². The first-order valence-electron chi connectivity index (χ1n) is 7.59. The van der Waals surface area contributed by atoms with Crippen LogP contribution in [0.5, 0.6) is 0 Å². The molecule has 3 saturated heterocycles. The van der Waals surface area contributed by atoms with Gasteiger partial charge in [0.2, 0.25) is 5.91 Å². The second kappa shape index (κ2) is 5.38. The van der Waals surface area contributed by atoms with Crippen molar-refractivity contribution >= 4 is 5.91 Å². The number of carbonyl (C=O) groups excluding carboxylic acids is 1. The van der Waals surface area contributed by atoms with Crippen molar-refractivity contribution in [2.45, 2.75) is 43.7 Å². The van der Waals surface area contributed by atoms with Gasteiger partial charge in [-0.3, -0.25) is 9.69 Å². The molecule has 3 aliphatic rings. The normalized spacial score (nSPS) is 31.8. The van der Waals surface area contributed by atoms with Crippen LogP contribution in [0.25, 0.3) is 0 Å². The number of likely N-dealkylation sites (tertiary alicyclic amines) is 2. The fourth-order valence-corrected chi connectivity index (χ4v) is 3.60. The zero-order valence-corrected chi connectivity index (χ0v) is 11.6. The lowest BCUT2D eigenvalue weighted by Gasteiger charge is -2.35. The molecule has 3 fully saturated rings. The van der Waals surface area contributed by atoms with Gasteiger partial charge in [0, 0.05) is 32.3 Å². The van der Waals surface area contributed by atoms with Gasteiger partial charge in [-0.05, 0) is 45.2 Å². The molecular formula is C14H25N3O2. The summed E-state index contributed by atoms with van der Waals surface area (Å²) in [6, 6.07) is 0.565. The van der Waals surface area contributed by atoms with E-state index < -0.39 is 5.54 Å². The Morgan fingerprint density at radius 2 is 1.84 bits per heavy atom. The van der Waals surface area contributed by atoms with Crippen molar-refractivity contribution in [3.05, 3.63) is 0 Å². The molecule has 5 heteroatoms. The molecule has 0 spiro atoms. The van der Waals surface area contributed by atoms with Crippen LogP contribution in [-0.2, 0) is 9.53 Å². The van der Waals surface area contributed by atoms with Gasteiger partial charge in [0.25, 0.3) is 0 Å². The number of rotatable bonds is 2. The molecule has 5 nitrogen and oxygen atoms in total. The lowest BCUT2D eigenvalue weighted by atomic mass is 9.90. The van der Waals surface area contributed by atoms with Crippen LogP contribution in [0, 0.1) is 0 Å². The summed E-state index contributed by atoms with van der Waals surface area (Å²) in [7, 11) is 0. The molecule has 0 aromatic heterocycles. The zero-order chi connectivity index (χ0) is 13.3. The van der Waals surface area contributed by atoms with Gasteiger partial charge in [0.1, 0.15) is 0 Å². The molecule has 0 aromatic carbocycles. The molecule has 0 aliphatic carbocycles. The lowest BCUT2D eigenvalue weighted by Crippen LogP contribution is -2.57. The lowest BCUT2D eigenvalue weighted by molar-refractivity contribution is -0.139. The highest BCUT2D eigenvalue weighted by Gasteiger charge is 2.42. The Bertz CT molecular complexity index is 336. The molecule has 1 atom stereocenters. The zero-order valence-electron chi connectivity index (χ0n) is 11.6. The van der Waals surface area contributed by atoms with Gasteiger partial charge >= 0.3 is 0 Å². The summed E-state index contributed by atoms with van der Waals surface area (Å²) in [5, 5.41) is 0. The summed E-state index contributed by atoms with van der Waals surface area (Å²) in [6.07, 6.45) is 5.05. The van der Waals surface area contributed by atoms with Crippen LogP contribution >= 0.6 is 0 Å². The molecule has 0 aromatic rings. The van der Waals surface area contributed by atoms with E-state index in [0.29, 0.717) is 32.1 Å². The molecule has 108 valence electrons. The Kier molecular flexibility index (Phi) is 3.78. The molecular weight excluding hydrogens is 242 g/mol. The SMILES string of the molecule is NC1(C(=O)N2CCC(N3CCCC3)C2)CCOCC1. The molecule has 1 amide bonds. The second-order valence-electron chi connectivity index (χ2n) is 6.21. The Morgan fingerprint density at radius 1 is 1.16 bits per heavy atom. The number of ether oxygens (including phenoxy) is 1. The van der Waals surface area contributed by atoms with Crippen LogP contribution in [0.2, 0.25) is 0 Å². The quantitative estimate of drug-likeness (QED) is 0.776. The van der Waals surface area contributed by atoms with Crippen LogP contribution in [-0.4, -0.2) is 66.7 Å². The first-order valence-corrected chi connectivity index (χ1v) is 7.59. The minimum absolute atomic E-state index is 0.150. The molecule has 0 radical (unpaired) electrons. The van der Waals surface area contributed by atoms with Gasteiger partial charge in [-0.1, -0.05) is 0 Å². The van der Waals surface area contributed by atoms with E-state index in [-0.39, 0.29) is 5.91 Å². The maximum Gasteiger partial charge on any atom is 0.242 e. The van der Waals surface area contributed by atoms with Gasteiger partial charge in [-0.25, -0.2) is 0 Å². The average molecular weight is 267 g/mol. The third-order valence-electron chi connectivity index (χ3n) is 4.92. The Morgan fingerprint density at radius 3 is 2.53 bits per heavy atom. The van der Waals surface area contributed by atoms with Gasteiger partial charge in [-0.15, -0.1) is 0 Å². The number of amides is 1. The summed E-state index contributed by atoms with van der Waals surface area (Å²) in [5.74, 6) is 0.150. The fourth-order valence-electron chi connectivity index (χ4n) is 3.60. The van der Waals surface area contributed by atoms with E-state index in [1.54, 1.807) is 0 Å². The van der Waals surface area contributed by atoms with Gasteiger partial charge < -0.3 is 15.4 Å². The molecule has 0 saturated carbocycles. The maximum absolute atomic E-state index is 12.6. The number of nitrogens with zero attached hydrogens (tertiary/aromatic N) is 2. The van der Waals surface area contributed by atoms with Crippen LogP contribution in [0.3, 0.4) is 0 Å². The first kappa shape index (κ1) is 13.3. The van der Waals surface area contributed by atoms with Crippen LogP contribution in [0.4, 0.5) is 0 Å². The highest BCUT2D eigenvalue weighted by molar-refractivity contribution is 5.86. The minimum Gasteiger partial charge on any atom is -0.381 e. The third-order valence-corrected chi connectivity index (χ3v) is 4.92. The molecule has 2 N–H and O–H groups in total. The second-order valence-corrected chi connectivity index (χ2v) is 6.21. The number of nitrogens with two attached hydrogens (primary N) is 1. The Balaban J connectivity index is 1.59. The topological polar surface area (TPSA) is 58.8 Å².